The maximum absolute atomic E-state index is 5.73. The van der Waals surface area contributed by atoms with Crippen molar-refractivity contribution in [3.8, 4) is 5.75 Å². The van der Waals surface area contributed by atoms with Crippen molar-refractivity contribution in [3.63, 3.8) is 0 Å². The minimum absolute atomic E-state index is 0. The number of nitrogens with zero attached hydrogens (tertiary/aromatic N) is 1. The molecule has 2 saturated heterocycles. The minimum atomic E-state index is 0. The van der Waals surface area contributed by atoms with E-state index < -0.39 is 0 Å². The van der Waals surface area contributed by atoms with Crippen LogP contribution in [0.5, 0.6) is 5.75 Å². The summed E-state index contributed by atoms with van der Waals surface area (Å²) >= 11 is 0. The smallest absolute Gasteiger partial charge is 0.118 e. The monoisotopic (exact) mass is 425 g/mol. The van der Waals surface area contributed by atoms with Gasteiger partial charge < -0.3 is 24.8 Å². The molecule has 0 radical (unpaired) electrons. The Labute approximate surface area is 181 Å². The van der Waals surface area contributed by atoms with Gasteiger partial charge in [0, 0.05) is 44.3 Å². The summed E-state index contributed by atoms with van der Waals surface area (Å²) in [5, 5.41) is 7.62. The number of rotatable bonds is 7. The van der Waals surface area contributed by atoms with E-state index in [1.807, 2.05) is 0 Å². The number of benzene rings is 1. The molecule has 29 heavy (non-hydrogen) atoms. The second kappa shape index (κ2) is 11.5. The molecule has 1 aromatic carbocycles. The zero-order valence-electron chi connectivity index (χ0n) is 17.5. The van der Waals surface area contributed by atoms with E-state index in [1.54, 1.807) is 7.11 Å². The molecule has 4 rings (SSSR count). The van der Waals surface area contributed by atoms with Crippen LogP contribution in [0.2, 0.25) is 0 Å². The lowest BCUT2D eigenvalue weighted by molar-refractivity contribution is 0.0144. The molecule has 4 unspecified atom stereocenters. The highest BCUT2D eigenvalue weighted by atomic mass is 35.5. The molecule has 2 N–H and O–H groups in total. The second-order valence-electron chi connectivity index (χ2n) is 8.18. The molecule has 2 aliphatic heterocycles. The molecule has 3 fully saturated rings. The summed E-state index contributed by atoms with van der Waals surface area (Å²) in [6.07, 6.45) is 3.87. The van der Waals surface area contributed by atoms with E-state index in [0.717, 1.165) is 58.4 Å². The number of ether oxygens (including phenoxy) is 3. The van der Waals surface area contributed by atoms with Crippen molar-refractivity contribution in [2.45, 2.75) is 37.4 Å². The first kappa shape index (κ1) is 22.8. The van der Waals surface area contributed by atoms with Gasteiger partial charge in [0.2, 0.25) is 0 Å². The Morgan fingerprint density at radius 3 is 2.62 bits per heavy atom. The first-order valence-electron chi connectivity index (χ1n) is 10.9. The topological polar surface area (TPSA) is 55.0 Å². The first-order valence-corrected chi connectivity index (χ1v) is 10.9. The molecule has 7 heteroatoms. The highest BCUT2D eigenvalue weighted by Crippen LogP contribution is 2.31. The molecule has 6 nitrogen and oxygen atoms in total. The van der Waals surface area contributed by atoms with Crippen LogP contribution in [-0.4, -0.2) is 76.7 Å². The van der Waals surface area contributed by atoms with Gasteiger partial charge in [-0.15, -0.1) is 12.4 Å². The molecule has 0 amide bonds. The summed E-state index contributed by atoms with van der Waals surface area (Å²) < 4.78 is 16.7. The number of nitrogens with one attached hydrogen (secondary N) is 2. The van der Waals surface area contributed by atoms with E-state index in [9.17, 15) is 0 Å². The Morgan fingerprint density at radius 2 is 1.93 bits per heavy atom. The molecule has 1 saturated carbocycles. The van der Waals surface area contributed by atoms with Crippen molar-refractivity contribution in [3.05, 3.63) is 29.8 Å². The Bertz CT molecular complexity index is 591. The molecule has 164 valence electrons. The van der Waals surface area contributed by atoms with Crippen molar-refractivity contribution < 1.29 is 14.2 Å². The Balaban J connectivity index is 0.00000240. The lowest BCUT2D eigenvalue weighted by Crippen LogP contribution is -2.52. The molecule has 1 aromatic rings. The molecular weight excluding hydrogens is 390 g/mol. The lowest BCUT2D eigenvalue weighted by Gasteiger charge is -2.37. The summed E-state index contributed by atoms with van der Waals surface area (Å²) in [6, 6.07) is 10.0. The van der Waals surface area contributed by atoms with E-state index in [-0.39, 0.29) is 12.4 Å². The molecule has 3 aliphatic rings. The SMILES string of the molecule is COc1ccc(C(CNC2CCCC2C2COCCN2)N2CCOCC2)cc1.Cl. The summed E-state index contributed by atoms with van der Waals surface area (Å²) in [7, 11) is 1.72. The fraction of sp³-hybridized carbons (Fsp3) is 0.727. The molecular formula is C22H36ClN3O3. The minimum Gasteiger partial charge on any atom is -0.497 e. The van der Waals surface area contributed by atoms with Crippen LogP contribution < -0.4 is 15.4 Å². The molecule has 0 spiro atoms. The lowest BCUT2D eigenvalue weighted by atomic mass is 9.93. The van der Waals surface area contributed by atoms with Gasteiger partial charge in [-0.05, 0) is 36.5 Å². The highest BCUT2D eigenvalue weighted by Gasteiger charge is 2.35. The van der Waals surface area contributed by atoms with Gasteiger partial charge in [-0.2, -0.15) is 0 Å². The normalized spacial score (nSPS) is 29.2. The van der Waals surface area contributed by atoms with Gasteiger partial charge in [-0.3, -0.25) is 4.90 Å². The summed E-state index contributed by atoms with van der Waals surface area (Å²) in [5.74, 6) is 1.58. The van der Waals surface area contributed by atoms with Gasteiger partial charge in [0.1, 0.15) is 5.75 Å². The number of hydrogen-bond donors (Lipinski definition) is 2. The molecule has 0 bridgehead atoms. The van der Waals surface area contributed by atoms with Crippen LogP contribution in [-0.2, 0) is 9.47 Å². The third-order valence-corrected chi connectivity index (χ3v) is 6.60. The van der Waals surface area contributed by atoms with Crippen LogP contribution in [0.1, 0.15) is 30.9 Å². The summed E-state index contributed by atoms with van der Waals surface area (Å²) in [6.45, 7) is 7.28. The van der Waals surface area contributed by atoms with Crippen LogP contribution in [0.4, 0.5) is 0 Å². The fourth-order valence-corrected chi connectivity index (χ4v) is 5.02. The van der Waals surface area contributed by atoms with Crippen molar-refractivity contribution in [2.24, 2.45) is 5.92 Å². The molecule has 1 aliphatic carbocycles. The van der Waals surface area contributed by atoms with E-state index in [2.05, 4.69) is 39.8 Å². The van der Waals surface area contributed by atoms with Gasteiger partial charge in [0.25, 0.3) is 0 Å². The van der Waals surface area contributed by atoms with E-state index in [0.29, 0.717) is 24.0 Å². The number of halogens is 1. The maximum Gasteiger partial charge on any atom is 0.118 e. The molecule has 4 atom stereocenters. The van der Waals surface area contributed by atoms with Crippen LogP contribution in [0.15, 0.2) is 24.3 Å². The predicted molar refractivity (Wildman–Crippen MR) is 117 cm³/mol. The zero-order valence-corrected chi connectivity index (χ0v) is 18.3. The van der Waals surface area contributed by atoms with Crippen LogP contribution in [0.25, 0.3) is 0 Å². The second-order valence-corrected chi connectivity index (χ2v) is 8.18. The average Bonchev–Trinajstić information content (AvgIpc) is 3.24. The van der Waals surface area contributed by atoms with E-state index in [1.165, 1.54) is 24.8 Å². The predicted octanol–water partition coefficient (Wildman–Crippen LogP) is 2.24. The number of morpholine rings is 2. The largest absolute Gasteiger partial charge is 0.497 e. The quantitative estimate of drug-likeness (QED) is 0.698. The standard InChI is InChI=1S/C22H35N3O3.ClH/c1-26-18-7-5-17(6-8-18)22(25-10-13-27-14-11-25)15-24-20-4-2-3-19(20)21-16-28-12-9-23-21;/h5-8,19-24H,2-4,9-16H2,1H3;1H. The van der Waals surface area contributed by atoms with Gasteiger partial charge in [-0.1, -0.05) is 18.6 Å². The van der Waals surface area contributed by atoms with Gasteiger partial charge >= 0.3 is 0 Å². The third-order valence-electron chi connectivity index (χ3n) is 6.60. The fourth-order valence-electron chi connectivity index (χ4n) is 5.02. The van der Waals surface area contributed by atoms with E-state index >= 15 is 0 Å². The maximum atomic E-state index is 5.73. The molecule has 2 heterocycles. The van der Waals surface area contributed by atoms with Gasteiger partial charge in [0.15, 0.2) is 0 Å². The number of hydrogen-bond acceptors (Lipinski definition) is 6. The third kappa shape index (κ3) is 5.84. The highest BCUT2D eigenvalue weighted by molar-refractivity contribution is 5.85. The van der Waals surface area contributed by atoms with Gasteiger partial charge in [0.05, 0.1) is 33.5 Å². The van der Waals surface area contributed by atoms with Crippen molar-refractivity contribution in [1.29, 1.82) is 0 Å². The Morgan fingerprint density at radius 1 is 1.14 bits per heavy atom. The summed E-state index contributed by atoms with van der Waals surface area (Å²) in [4.78, 5) is 2.56. The number of methoxy groups -OCH3 is 1. The van der Waals surface area contributed by atoms with Gasteiger partial charge in [-0.25, -0.2) is 0 Å². The Hall–Kier alpha value is -0.890. The van der Waals surface area contributed by atoms with E-state index in [4.69, 9.17) is 14.2 Å². The van der Waals surface area contributed by atoms with Crippen molar-refractivity contribution >= 4 is 12.4 Å². The van der Waals surface area contributed by atoms with Crippen LogP contribution in [0.3, 0.4) is 0 Å². The summed E-state index contributed by atoms with van der Waals surface area (Å²) in [5.41, 5.74) is 1.35. The van der Waals surface area contributed by atoms with Crippen molar-refractivity contribution in [2.75, 3.05) is 59.7 Å². The van der Waals surface area contributed by atoms with Crippen LogP contribution in [0, 0.1) is 5.92 Å². The zero-order chi connectivity index (χ0) is 19.2. The molecule has 0 aromatic heterocycles. The Kier molecular flexibility index (Phi) is 9.03. The van der Waals surface area contributed by atoms with Crippen LogP contribution >= 0.6 is 12.4 Å². The average molecular weight is 426 g/mol. The van der Waals surface area contributed by atoms with Crippen molar-refractivity contribution in [1.82, 2.24) is 15.5 Å². The first-order chi connectivity index (χ1) is 13.8.